The summed E-state index contributed by atoms with van der Waals surface area (Å²) in [7, 11) is 1.60. The number of benzene rings is 1. The zero-order valence-electron chi connectivity index (χ0n) is 10.8. The number of nitrogen functional groups attached to an aromatic ring is 1. The number of nitrogens with two attached hydrogens (primary N) is 1. The van der Waals surface area contributed by atoms with Gasteiger partial charge in [0.25, 0.3) is 0 Å². The number of rotatable bonds is 5. The lowest BCUT2D eigenvalue weighted by Crippen LogP contribution is -2.08. The monoisotopic (exact) mass is 256 g/mol. The number of pyridine rings is 1. The first-order valence-corrected chi connectivity index (χ1v) is 6.03. The summed E-state index contributed by atoms with van der Waals surface area (Å²) in [4.78, 5) is 15.9. The van der Waals surface area contributed by atoms with Gasteiger partial charge in [0.15, 0.2) is 0 Å². The van der Waals surface area contributed by atoms with Crippen molar-refractivity contribution in [3.8, 4) is 5.75 Å². The van der Waals surface area contributed by atoms with Crippen LogP contribution in [-0.2, 0) is 17.6 Å². The second-order valence-electron chi connectivity index (χ2n) is 4.29. The lowest BCUT2D eigenvalue weighted by molar-refractivity contribution is -0.117. The number of ketones is 1. The third-order valence-corrected chi connectivity index (χ3v) is 2.83. The number of aromatic nitrogens is 1. The van der Waals surface area contributed by atoms with Crippen LogP contribution in [-0.4, -0.2) is 17.9 Å². The van der Waals surface area contributed by atoms with Crippen molar-refractivity contribution in [2.45, 2.75) is 12.8 Å². The molecular formula is C15H16N2O2. The van der Waals surface area contributed by atoms with Crippen LogP contribution in [0.1, 0.15) is 11.1 Å². The standard InChI is InChI=1S/C15H16N2O2/c1-19-14-5-3-2-4-12(14)10-13(18)8-11-6-7-17-15(16)9-11/h2-7,9H,8,10H2,1H3,(H2,16,17). The molecule has 19 heavy (non-hydrogen) atoms. The van der Waals surface area contributed by atoms with E-state index in [4.69, 9.17) is 10.5 Å². The normalized spacial score (nSPS) is 10.2. The maximum absolute atomic E-state index is 12.0. The maximum Gasteiger partial charge on any atom is 0.141 e. The molecule has 1 aromatic heterocycles. The molecule has 0 amide bonds. The van der Waals surface area contributed by atoms with Gasteiger partial charge in [-0.1, -0.05) is 18.2 Å². The molecule has 2 aromatic rings. The fraction of sp³-hybridized carbons (Fsp3) is 0.200. The van der Waals surface area contributed by atoms with Crippen molar-refractivity contribution in [3.63, 3.8) is 0 Å². The lowest BCUT2D eigenvalue weighted by Gasteiger charge is -2.07. The van der Waals surface area contributed by atoms with Crippen LogP contribution >= 0.6 is 0 Å². The summed E-state index contributed by atoms with van der Waals surface area (Å²) in [6, 6.07) is 11.1. The fourth-order valence-corrected chi connectivity index (χ4v) is 1.96. The van der Waals surface area contributed by atoms with Crippen LogP contribution < -0.4 is 10.5 Å². The van der Waals surface area contributed by atoms with Gasteiger partial charge >= 0.3 is 0 Å². The molecule has 0 saturated heterocycles. The summed E-state index contributed by atoms with van der Waals surface area (Å²) >= 11 is 0. The molecule has 4 nitrogen and oxygen atoms in total. The first kappa shape index (κ1) is 13.1. The minimum absolute atomic E-state index is 0.120. The molecule has 0 radical (unpaired) electrons. The first-order valence-electron chi connectivity index (χ1n) is 6.03. The molecule has 0 unspecified atom stereocenters. The minimum atomic E-state index is 0.120. The summed E-state index contributed by atoms with van der Waals surface area (Å²) < 4.78 is 5.23. The molecule has 98 valence electrons. The van der Waals surface area contributed by atoms with Crippen molar-refractivity contribution >= 4 is 11.6 Å². The van der Waals surface area contributed by atoms with E-state index in [0.717, 1.165) is 16.9 Å². The molecule has 0 spiro atoms. The molecule has 0 fully saturated rings. The van der Waals surface area contributed by atoms with E-state index in [2.05, 4.69) is 4.98 Å². The predicted octanol–water partition coefficient (Wildman–Crippen LogP) is 2.03. The van der Waals surface area contributed by atoms with Crippen molar-refractivity contribution in [3.05, 3.63) is 53.7 Å². The van der Waals surface area contributed by atoms with Gasteiger partial charge in [-0.05, 0) is 23.8 Å². The minimum Gasteiger partial charge on any atom is -0.496 e. The highest BCUT2D eigenvalue weighted by Gasteiger charge is 2.09. The number of para-hydroxylation sites is 1. The smallest absolute Gasteiger partial charge is 0.141 e. The van der Waals surface area contributed by atoms with Crippen LogP contribution in [0.4, 0.5) is 5.82 Å². The lowest BCUT2D eigenvalue weighted by atomic mass is 10.0. The highest BCUT2D eigenvalue weighted by atomic mass is 16.5. The molecular weight excluding hydrogens is 240 g/mol. The molecule has 0 saturated carbocycles. The van der Waals surface area contributed by atoms with Gasteiger partial charge in [-0.3, -0.25) is 4.79 Å². The van der Waals surface area contributed by atoms with Crippen molar-refractivity contribution < 1.29 is 9.53 Å². The zero-order valence-corrected chi connectivity index (χ0v) is 10.8. The topological polar surface area (TPSA) is 65.2 Å². The third kappa shape index (κ3) is 3.55. The van der Waals surface area contributed by atoms with Crippen molar-refractivity contribution in [2.75, 3.05) is 12.8 Å². The summed E-state index contributed by atoms with van der Waals surface area (Å²) in [6.45, 7) is 0. The summed E-state index contributed by atoms with van der Waals surface area (Å²) in [5.74, 6) is 1.29. The van der Waals surface area contributed by atoms with Gasteiger partial charge in [0.2, 0.25) is 0 Å². The van der Waals surface area contributed by atoms with E-state index in [1.165, 1.54) is 0 Å². The molecule has 0 atom stereocenters. The molecule has 4 heteroatoms. The molecule has 0 bridgehead atoms. The van der Waals surface area contributed by atoms with Crippen LogP contribution in [0.15, 0.2) is 42.6 Å². The molecule has 1 heterocycles. The van der Waals surface area contributed by atoms with Gasteiger partial charge in [0, 0.05) is 24.6 Å². The van der Waals surface area contributed by atoms with Crippen LogP contribution in [0, 0.1) is 0 Å². The highest BCUT2D eigenvalue weighted by molar-refractivity contribution is 5.83. The quantitative estimate of drug-likeness (QED) is 0.889. The number of carbonyl (C=O) groups is 1. The van der Waals surface area contributed by atoms with Crippen molar-refractivity contribution in [1.29, 1.82) is 0 Å². The Balaban J connectivity index is 2.05. The molecule has 0 aliphatic carbocycles. The van der Waals surface area contributed by atoms with Gasteiger partial charge in [-0.2, -0.15) is 0 Å². The van der Waals surface area contributed by atoms with Gasteiger partial charge < -0.3 is 10.5 Å². The average Bonchev–Trinajstić information content (AvgIpc) is 2.39. The third-order valence-electron chi connectivity index (χ3n) is 2.83. The predicted molar refractivity (Wildman–Crippen MR) is 74.1 cm³/mol. The molecule has 0 aliphatic rings. The van der Waals surface area contributed by atoms with E-state index >= 15 is 0 Å². The number of Topliss-reactive ketones (excluding diaryl/α,β-unsaturated/α-hetero) is 1. The molecule has 2 N–H and O–H groups in total. The van der Waals surface area contributed by atoms with E-state index in [9.17, 15) is 4.79 Å². The highest BCUT2D eigenvalue weighted by Crippen LogP contribution is 2.18. The largest absolute Gasteiger partial charge is 0.496 e. The number of carbonyl (C=O) groups excluding carboxylic acids is 1. The number of methoxy groups -OCH3 is 1. The summed E-state index contributed by atoms with van der Waals surface area (Å²) in [6.07, 6.45) is 2.32. The Bertz CT molecular complexity index is 582. The van der Waals surface area contributed by atoms with E-state index in [0.29, 0.717) is 18.7 Å². The van der Waals surface area contributed by atoms with Crippen LogP contribution in [0.5, 0.6) is 5.75 Å². The number of ether oxygens (including phenoxy) is 1. The summed E-state index contributed by atoms with van der Waals surface area (Å²) in [5.41, 5.74) is 7.37. The van der Waals surface area contributed by atoms with Gasteiger partial charge in [-0.15, -0.1) is 0 Å². The summed E-state index contributed by atoms with van der Waals surface area (Å²) in [5, 5.41) is 0. The SMILES string of the molecule is COc1ccccc1CC(=O)Cc1ccnc(N)c1. The molecule has 0 aliphatic heterocycles. The van der Waals surface area contributed by atoms with Gasteiger partial charge in [0.1, 0.15) is 17.4 Å². The van der Waals surface area contributed by atoms with Crippen LogP contribution in [0.3, 0.4) is 0 Å². The Kier molecular flexibility index (Phi) is 4.13. The van der Waals surface area contributed by atoms with E-state index in [1.807, 2.05) is 24.3 Å². The number of anilines is 1. The Labute approximate surface area is 112 Å². The van der Waals surface area contributed by atoms with E-state index in [-0.39, 0.29) is 5.78 Å². The second-order valence-corrected chi connectivity index (χ2v) is 4.29. The Morgan fingerprint density at radius 3 is 2.79 bits per heavy atom. The Morgan fingerprint density at radius 1 is 1.26 bits per heavy atom. The van der Waals surface area contributed by atoms with Gasteiger partial charge in [-0.25, -0.2) is 4.98 Å². The first-order chi connectivity index (χ1) is 9.19. The van der Waals surface area contributed by atoms with Crippen LogP contribution in [0.25, 0.3) is 0 Å². The van der Waals surface area contributed by atoms with Gasteiger partial charge in [0.05, 0.1) is 7.11 Å². The molecule has 2 rings (SSSR count). The number of hydrogen-bond acceptors (Lipinski definition) is 4. The van der Waals surface area contributed by atoms with Crippen molar-refractivity contribution in [2.24, 2.45) is 0 Å². The number of nitrogens with zero attached hydrogens (tertiary/aromatic N) is 1. The Morgan fingerprint density at radius 2 is 2.05 bits per heavy atom. The molecule has 1 aromatic carbocycles. The van der Waals surface area contributed by atoms with Crippen molar-refractivity contribution in [1.82, 2.24) is 4.98 Å². The zero-order chi connectivity index (χ0) is 13.7. The van der Waals surface area contributed by atoms with E-state index in [1.54, 1.807) is 25.4 Å². The van der Waals surface area contributed by atoms with E-state index < -0.39 is 0 Å². The number of hydrogen-bond donors (Lipinski definition) is 1. The second kappa shape index (κ2) is 6.00. The average molecular weight is 256 g/mol. The fourth-order valence-electron chi connectivity index (χ4n) is 1.96. The Hall–Kier alpha value is -2.36. The maximum atomic E-state index is 12.0. The van der Waals surface area contributed by atoms with Crippen LogP contribution in [0.2, 0.25) is 0 Å².